The van der Waals surface area contributed by atoms with E-state index in [-0.39, 0.29) is 0 Å². The summed E-state index contributed by atoms with van der Waals surface area (Å²) in [7, 11) is 0. The maximum Gasteiger partial charge on any atom is 0.573 e. The molecule has 2 aromatic carbocycles. The van der Waals surface area contributed by atoms with Crippen molar-refractivity contribution in [2.24, 2.45) is 0 Å². The van der Waals surface area contributed by atoms with Crippen molar-refractivity contribution in [1.29, 1.82) is 0 Å². The first-order valence-electron chi connectivity index (χ1n) is 6.87. The van der Waals surface area contributed by atoms with Gasteiger partial charge in [-0.15, -0.1) is 13.2 Å². The number of para-hydroxylation sites is 1. The highest BCUT2D eigenvalue weighted by Crippen LogP contribution is 2.42. The first-order chi connectivity index (χ1) is 11.9. The molecule has 4 nitrogen and oxygen atoms in total. The Kier molecular flexibility index (Phi) is 5.17. The van der Waals surface area contributed by atoms with Crippen molar-refractivity contribution in [2.75, 3.05) is 0 Å². The van der Waals surface area contributed by atoms with Gasteiger partial charge in [-0.1, -0.05) is 24.3 Å². The predicted octanol–water partition coefficient (Wildman–Crippen LogP) is 4.39. The number of hydrogen-bond acceptors (Lipinski definition) is 3. The minimum atomic E-state index is -5.15. The van der Waals surface area contributed by atoms with Gasteiger partial charge >= 0.3 is 18.5 Å². The SMILES string of the molecule is O=C(O)C(O)c1ccc(C(F)(F)F)c(-c2ccccc2OC(F)(F)F)c1. The number of aliphatic hydroxyl groups is 1. The average Bonchev–Trinajstić information content (AvgIpc) is 2.51. The second kappa shape index (κ2) is 6.87. The van der Waals surface area contributed by atoms with Gasteiger partial charge in [0.1, 0.15) is 5.75 Å². The van der Waals surface area contributed by atoms with Crippen molar-refractivity contribution < 1.29 is 46.1 Å². The number of alkyl halides is 6. The van der Waals surface area contributed by atoms with Crippen LogP contribution < -0.4 is 4.74 Å². The Morgan fingerprint density at radius 2 is 1.58 bits per heavy atom. The van der Waals surface area contributed by atoms with E-state index in [1.807, 2.05) is 0 Å². The fourth-order valence-corrected chi connectivity index (χ4v) is 2.25. The van der Waals surface area contributed by atoms with Gasteiger partial charge in [-0.25, -0.2) is 4.79 Å². The fraction of sp³-hybridized carbons (Fsp3) is 0.188. The van der Waals surface area contributed by atoms with Crippen LogP contribution in [0.2, 0.25) is 0 Å². The molecule has 0 aromatic heterocycles. The fourth-order valence-electron chi connectivity index (χ4n) is 2.25. The van der Waals surface area contributed by atoms with Gasteiger partial charge in [0.05, 0.1) is 5.56 Å². The summed E-state index contributed by atoms with van der Waals surface area (Å²) >= 11 is 0. The Hall–Kier alpha value is -2.75. The van der Waals surface area contributed by atoms with Crippen LogP contribution in [0.15, 0.2) is 42.5 Å². The maximum absolute atomic E-state index is 13.3. The summed E-state index contributed by atoms with van der Waals surface area (Å²) in [6.07, 6.45) is -12.2. The highest BCUT2D eigenvalue weighted by Gasteiger charge is 2.37. The van der Waals surface area contributed by atoms with Gasteiger partial charge in [-0.3, -0.25) is 0 Å². The Morgan fingerprint density at radius 1 is 0.962 bits per heavy atom. The molecule has 0 heterocycles. The predicted molar refractivity (Wildman–Crippen MR) is 76.2 cm³/mol. The summed E-state index contributed by atoms with van der Waals surface area (Å²) in [6, 6.07) is 6.00. The van der Waals surface area contributed by atoms with Crippen LogP contribution in [0.3, 0.4) is 0 Å². The summed E-state index contributed by atoms with van der Waals surface area (Å²) < 4.78 is 81.1. The van der Waals surface area contributed by atoms with Crippen LogP contribution in [-0.4, -0.2) is 22.5 Å². The third-order valence-electron chi connectivity index (χ3n) is 3.30. The lowest BCUT2D eigenvalue weighted by Crippen LogP contribution is -2.18. The van der Waals surface area contributed by atoms with E-state index in [0.29, 0.717) is 12.1 Å². The van der Waals surface area contributed by atoms with E-state index in [1.165, 1.54) is 6.07 Å². The molecule has 26 heavy (non-hydrogen) atoms. The largest absolute Gasteiger partial charge is 0.573 e. The number of halogens is 6. The normalized spacial score (nSPS) is 13.3. The number of carboxylic acids is 1. The number of rotatable bonds is 4. The number of hydrogen-bond donors (Lipinski definition) is 2. The number of aliphatic carboxylic acids is 1. The number of benzene rings is 2. The quantitative estimate of drug-likeness (QED) is 0.773. The zero-order chi connectivity index (χ0) is 19.7. The zero-order valence-electron chi connectivity index (χ0n) is 12.6. The van der Waals surface area contributed by atoms with Gasteiger partial charge in [-0.05, 0) is 29.3 Å². The summed E-state index contributed by atoms with van der Waals surface area (Å²) in [6.45, 7) is 0. The Morgan fingerprint density at radius 3 is 2.12 bits per heavy atom. The number of carboxylic acid groups (broad SMARTS) is 1. The molecule has 10 heteroatoms. The van der Waals surface area contributed by atoms with Crippen LogP contribution in [-0.2, 0) is 11.0 Å². The van der Waals surface area contributed by atoms with E-state index in [1.54, 1.807) is 0 Å². The Bertz CT molecular complexity index is 813. The molecule has 0 spiro atoms. The molecule has 140 valence electrons. The van der Waals surface area contributed by atoms with Crippen LogP contribution >= 0.6 is 0 Å². The lowest BCUT2D eigenvalue weighted by molar-refractivity contribution is -0.274. The second-order valence-corrected chi connectivity index (χ2v) is 5.09. The molecule has 0 saturated heterocycles. The first kappa shape index (κ1) is 19.6. The van der Waals surface area contributed by atoms with Crippen LogP contribution in [0.25, 0.3) is 11.1 Å². The Balaban J connectivity index is 2.71. The molecule has 1 unspecified atom stereocenters. The molecule has 0 aliphatic carbocycles. The van der Waals surface area contributed by atoms with Gasteiger partial charge in [0.15, 0.2) is 6.10 Å². The smallest absolute Gasteiger partial charge is 0.479 e. The van der Waals surface area contributed by atoms with Gasteiger partial charge in [0, 0.05) is 5.56 Å². The number of ether oxygens (including phenoxy) is 1. The highest BCUT2D eigenvalue weighted by atomic mass is 19.4. The minimum absolute atomic E-state index is 0.428. The molecular formula is C16H10F6O4. The molecule has 1 atom stereocenters. The van der Waals surface area contributed by atoms with Crippen molar-refractivity contribution in [3.63, 3.8) is 0 Å². The molecular weight excluding hydrogens is 370 g/mol. The maximum atomic E-state index is 13.3. The van der Waals surface area contributed by atoms with E-state index in [0.717, 1.165) is 24.3 Å². The molecule has 0 bridgehead atoms. The van der Waals surface area contributed by atoms with E-state index in [2.05, 4.69) is 4.74 Å². The summed E-state index contributed by atoms with van der Waals surface area (Å²) in [5, 5.41) is 18.3. The summed E-state index contributed by atoms with van der Waals surface area (Å²) in [4.78, 5) is 10.8. The molecule has 0 amide bonds. The zero-order valence-corrected chi connectivity index (χ0v) is 12.6. The van der Waals surface area contributed by atoms with Crippen molar-refractivity contribution in [2.45, 2.75) is 18.6 Å². The van der Waals surface area contributed by atoms with Crippen LogP contribution in [0.1, 0.15) is 17.2 Å². The molecule has 0 aliphatic rings. The second-order valence-electron chi connectivity index (χ2n) is 5.09. The van der Waals surface area contributed by atoms with E-state index < -0.39 is 52.6 Å². The van der Waals surface area contributed by atoms with E-state index >= 15 is 0 Å². The van der Waals surface area contributed by atoms with Crippen LogP contribution in [0.4, 0.5) is 26.3 Å². The third kappa shape index (κ3) is 4.45. The lowest BCUT2D eigenvalue weighted by atomic mass is 9.94. The summed E-state index contributed by atoms with van der Waals surface area (Å²) in [5.41, 5.74) is -3.05. The molecule has 0 aliphatic heterocycles. The first-order valence-corrected chi connectivity index (χ1v) is 6.87. The monoisotopic (exact) mass is 380 g/mol. The van der Waals surface area contributed by atoms with E-state index in [9.17, 15) is 36.2 Å². The Labute approximate surface area is 142 Å². The van der Waals surface area contributed by atoms with Crippen LogP contribution in [0.5, 0.6) is 5.75 Å². The van der Waals surface area contributed by atoms with Crippen molar-refractivity contribution in [3.05, 3.63) is 53.6 Å². The van der Waals surface area contributed by atoms with E-state index in [4.69, 9.17) is 5.11 Å². The minimum Gasteiger partial charge on any atom is -0.479 e. The van der Waals surface area contributed by atoms with Gasteiger partial charge < -0.3 is 14.9 Å². The summed E-state index contributed by atoms with van der Waals surface area (Å²) in [5.74, 6) is -2.62. The topological polar surface area (TPSA) is 66.8 Å². The van der Waals surface area contributed by atoms with Gasteiger partial charge in [-0.2, -0.15) is 13.2 Å². The van der Waals surface area contributed by atoms with Crippen LogP contribution in [0, 0.1) is 0 Å². The average molecular weight is 380 g/mol. The van der Waals surface area contributed by atoms with Crippen molar-refractivity contribution >= 4 is 5.97 Å². The molecule has 0 radical (unpaired) electrons. The molecule has 2 N–H and O–H groups in total. The molecule has 0 fully saturated rings. The van der Waals surface area contributed by atoms with Gasteiger partial charge in [0.2, 0.25) is 0 Å². The third-order valence-corrected chi connectivity index (χ3v) is 3.30. The number of carbonyl (C=O) groups is 1. The van der Waals surface area contributed by atoms with Crippen molar-refractivity contribution in [1.82, 2.24) is 0 Å². The molecule has 2 aromatic rings. The highest BCUT2D eigenvalue weighted by molar-refractivity contribution is 5.78. The van der Waals surface area contributed by atoms with Crippen molar-refractivity contribution in [3.8, 4) is 16.9 Å². The van der Waals surface area contributed by atoms with Gasteiger partial charge in [0.25, 0.3) is 0 Å². The molecule has 2 rings (SSSR count). The lowest BCUT2D eigenvalue weighted by Gasteiger charge is -2.18. The molecule has 0 saturated carbocycles. The standard InChI is InChI=1S/C16H10F6O4/c17-15(18,19)11-6-5-8(13(23)14(24)25)7-10(11)9-3-1-2-4-12(9)26-16(20,21)22/h1-7,13,23H,(H,24,25). The number of aliphatic hydroxyl groups excluding tert-OH is 1.